The van der Waals surface area contributed by atoms with Crippen LogP contribution in [0.1, 0.15) is 26.7 Å². The first-order valence-electron chi connectivity index (χ1n) is 4.48. The zero-order valence-corrected chi connectivity index (χ0v) is 8.46. The van der Waals surface area contributed by atoms with Gasteiger partial charge in [0.15, 0.2) is 0 Å². The van der Waals surface area contributed by atoms with E-state index >= 15 is 0 Å². The molecule has 5 heteroatoms. The fraction of sp³-hybridized carbons (Fsp3) is 0.667. The van der Waals surface area contributed by atoms with Crippen molar-refractivity contribution in [1.82, 2.24) is 5.32 Å². The Morgan fingerprint density at radius 1 is 1.50 bits per heavy atom. The van der Waals surface area contributed by atoms with Crippen molar-refractivity contribution in [3.8, 4) is 0 Å². The van der Waals surface area contributed by atoms with Crippen molar-refractivity contribution in [2.75, 3.05) is 13.2 Å². The van der Waals surface area contributed by atoms with Gasteiger partial charge in [0.25, 0.3) is 0 Å². The summed E-state index contributed by atoms with van der Waals surface area (Å²) in [6.07, 6.45) is 0.633. The van der Waals surface area contributed by atoms with Gasteiger partial charge in [-0.25, -0.2) is 0 Å². The smallest absolute Gasteiger partial charge is 0.313 e. The molecule has 1 rings (SSSR count). The van der Waals surface area contributed by atoms with Gasteiger partial charge in [-0.1, -0.05) is 0 Å². The molecule has 1 fully saturated rings. The molecule has 1 heterocycles. The summed E-state index contributed by atoms with van der Waals surface area (Å²) in [4.78, 5) is 30.4. The summed E-state index contributed by atoms with van der Waals surface area (Å²) in [7, 11) is 0. The van der Waals surface area contributed by atoms with Crippen LogP contribution in [-0.2, 0) is 19.1 Å². The molecular formula is C9H15NO4. The van der Waals surface area contributed by atoms with Crippen LogP contribution in [-0.4, -0.2) is 30.8 Å². The van der Waals surface area contributed by atoms with Crippen LogP contribution in [0.4, 0.5) is 0 Å². The van der Waals surface area contributed by atoms with Gasteiger partial charge in [0.1, 0.15) is 12.2 Å². The molecular weight excluding hydrogens is 186 g/mol. The van der Waals surface area contributed by atoms with Crippen LogP contribution in [0.15, 0.2) is 0 Å². The van der Waals surface area contributed by atoms with Crippen molar-refractivity contribution >= 4 is 17.7 Å². The quantitative estimate of drug-likeness (QED) is 0.397. The van der Waals surface area contributed by atoms with Gasteiger partial charge < -0.3 is 10.1 Å². The van der Waals surface area contributed by atoms with Crippen molar-refractivity contribution in [2.24, 2.45) is 0 Å². The van der Waals surface area contributed by atoms with E-state index in [1.807, 2.05) is 0 Å². The molecule has 0 saturated carbocycles. The van der Waals surface area contributed by atoms with Crippen LogP contribution in [0.2, 0.25) is 0 Å². The van der Waals surface area contributed by atoms with Crippen LogP contribution < -0.4 is 5.32 Å². The Labute approximate surface area is 82.8 Å². The number of hydrogen-bond donors (Lipinski definition) is 1. The lowest BCUT2D eigenvalue weighted by Crippen LogP contribution is -2.37. The van der Waals surface area contributed by atoms with E-state index in [0.717, 1.165) is 13.0 Å². The minimum Gasteiger partial charge on any atom is -0.466 e. The van der Waals surface area contributed by atoms with Gasteiger partial charge in [-0.2, -0.15) is 0 Å². The highest BCUT2D eigenvalue weighted by Crippen LogP contribution is 1.86. The summed E-state index contributed by atoms with van der Waals surface area (Å²) in [5, 5.41) is 2.57. The highest BCUT2D eigenvalue weighted by atomic mass is 16.5. The van der Waals surface area contributed by atoms with E-state index in [0.29, 0.717) is 6.61 Å². The van der Waals surface area contributed by atoms with Gasteiger partial charge >= 0.3 is 5.97 Å². The maximum Gasteiger partial charge on any atom is 0.313 e. The predicted molar refractivity (Wildman–Crippen MR) is 49.6 cm³/mol. The first-order chi connectivity index (χ1) is 6.56. The Morgan fingerprint density at radius 3 is 2.21 bits per heavy atom. The SMILES string of the molecule is CCOC(=O)CC(C)=O.O=C1CCN1. The lowest BCUT2D eigenvalue weighted by molar-refractivity contribution is -0.145. The summed E-state index contributed by atoms with van der Waals surface area (Å²) in [5.74, 6) is -0.413. The Kier molecular flexibility index (Phi) is 6.36. The van der Waals surface area contributed by atoms with Gasteiger partial charge in [-0.15, -0.1) is 0 Å². The van der Waals surface area contributed by atoms with Crippen LogP contribution >= 0.6 is 0 Å². The van der Waals surface area contributed by atoms with Crippen molar-refractivity contribution in [3.63, 3.8) is 0 Å². The van der Waals surface area contributed by atoms with Gasteiger partial charge in [0.2, 0.25) is 5.91 Å². The van der Waals surface area contributed by atoms with E-state index in [4.69, 9.17) is 0 Å². The number of nitrogens with one attached hydrogen (secondary N) is 1. The van der Waals surface area contributed by atoms with Crippen LogP contribution in [0.3, 0.4) is 0 Å². The van der Waals surface area contributed by atoms with Crippen LogP contribution in [0.25, 0.3) is 0 Å². The first-order valence-corrected chi connectivity index (χ1v) is 4.48. The molecule has 1 aliphatic rings. The minimum atomic E-state index is -0.440. The maximum atomic E-state index is 10.4. The topological polar surface area (TPSA) is 72.5 Å². The summed E-state index contributed by atoms with van der Waals surface area (Å²) < 4.78 is 4.49. The summed E-state index contributed by atoms with van der Waals surface area (Å²) >= 11 is 0. The fourth-order valence-corrected chi connectivity index (χ4v) is 0.642. The number of ketones is 1. The number of carbonyl (C=O) groups excluding carboxylic acids is 3. The number of hydrogen-bond acceptors (Lipinski definition) is 4. The number of esters is 1. The highest BCUT2D eigenvalue weighted by Gasteiger charge is 2.07. The number of ether oxygens (including phenoxy) is 1. The maximum absolute atomic E-state index is 10.4. The average Bonchev–Trinajstić information content (AvgIpc) is 2.01. The monoisotopic (exact) mass is 201 g/mol. The predicted octanol–water partition coefficient (Wildman–Crippen LogP) is 0.0349. The molecule has 0 spiro atoms. The molecule has 14 heavy (non-hydrogen) atoms. The van der Waals surface area contributed by atoms with E-state index in [-0.39, 0.29) is 18.1 Å². The van der Waals surface area contributed by atoms with Gasteiger partial charge in [-0.05, 0) is 13.8 Å². The number of rotatable bonds is 3. The Morgan fingerprint density at radius 2 is 2.00 bits per heavy atom. The van der Waals surface area contributed by atoms with Gasteiger partial charge in [0.05, 0.1) is 6.61 Å². The molecule has 0 unspecified atom stereocenters. The molecule has 0 aromatic carbocycles. The fourth-order valence-electron chi connectivity index (χ4n) is 0.642. The number of amides is 1. The molecule has 1 N–H and O–H groups in total. The van der Waals surface area contributed by atoms with Crippen molar-refractivity contribution in [2.45, 2.75) is 26.7 Å². The summed E-state index contributed by atoms with van der Waals surface area (Å²) in [6, 6.07) is 0. The lowest BCUT2D eigenvalue weighted by atomic mass is 10.3. The Bertz CT molecular complexity index is 219. The van der Waals surface area contributed by atoms with E-state index in [1.165, 1.54) is 6.92 Å². The highest BCUT2D eigenvalue weighted by molar-refractivity contribution is 5.94. The lowest BCUT2D eigenvalue weighted by Gasteiger charge is -2.10. The Balaban J connectivity index is 0.000000280. The normalized spacial score (nSPS) is 12.9. The number of β-lactam (4-membered cyclic amide) rings is 1. The molecule has 1 saturated heterocycles. The van der Waals surface area contributed by atoms with Crippen LogP contribution in [0, 0.1) is 0 Å². The standard InChI is InChI=1S/C6H10O3.C3H5NO/c1-3-9-6(8)4-5(2)7;5-3-1-2-4-3/h3-4H2,1-2H3;1-2H2,(H,4,5). The van der Waals surface area contributed by atoms with Crippen molar-refractivity contribution in [3.05, 3.63) is 0 Å². The second-order valence-electron chi connectivity index (χ2n) is 2.78. The van der Waals surface area contributed by atoms with Crippen molar-refractivity contribution in [1.29, 1.82) is 0 Å². The second kappa shape index (κ2) is 7.06. The number of Topliss-reactive ketones (excluding diaryl/α,β-unsaturated/α-hetero) is 1. The minimum absolute atomic E-state index is 0.103. The van der Waals surface area contributed by atoms with E-state index in [9.17, 15) is 14.4 Å². The molecule has 5 nitrogen and oxygen atoms in total. The molecule has 0 aliphatic carbocycles. The van der Waals surface area contributed by atoms with Gasteiger partial charge in [-0.3, -0.25) is 14.4 Å². The zero-order valence-electron chi connectivity index (χ0n) is 8.46. The molecule has 0 aromatic rings. The largest absolute Gasteiger partial charge is 0.466 e. The van der Waals surface area contributed by atoms with Gasteiger partial charge in [0, 0.05) is 13.0 Å². The average molecular weight is 201 g/mol. The third kappa shape index (κ3) is 7.27. The molecule has 0 radical (unpaired) electrons. The molecule has 1 aliphatic heterocycles. The third-order valence-electron chi connectivity index (χ3n) is 1.37. The van der Waals surface area contributed by atoms with Crippen LogP contribution in [0.5, 0.6) is 0 Å². The molecule has 1 amide bonds. The van der Waals surface area contributed by atoms with E-state index in [2.05, 4.69) is 10.1 Å². The third-order valence-corrected chi connectivity index (χ3v) is 1.37. The van der Waals surface area contributed by atoms with Crippen molar-refractivity contribution < 1.29 is 19.1 Å². The molecule has 0 atom stereocenters. The molecule has 0 aromatic heterocycles. The molecule has 0 bridgehead atoms. The summed E-state index contributed by atoms with van der Waals surface area (Å²) in [6.45, 7) is 4.29. The number of carbonyl (C=O) groups is 3. The Hall–Kier alpha value is -1.39. The zero-order chi connectivity index (χ0) is 11.0. The van der Waals surface area contributed by atoms with E-state index < -0.39 is 5.97 Å². The first kappa shape index (κ1) is 12.6. The molecule has 80 valence electrons. The summed E-state index contributed by atoms with van der Waals surface area (Å²) in [5.41, 5.74) is 0. The van der Waals surface area contributed by atoms with E-state index in [1.54, 1.807) is 6.92 Å². The second-order valence-corrected chi connectivity index (χ2v) is 2.78.